The third-order valence-electron chi connectivity index (χ3n) is 3.50. The molecule has 23 heavy (non-hydrogen) atoms. The van der Waals surface area contributed by atoms with E-state index < -0.39 is 0 Å². The molecule has 118 valence electrons. The zero-order valence-electron chi connectivity index (χ0n) is 12.8. The van der Waals surface area contributed by atoms with Gasteiger partial charge in [0.2, 0.25) is 5.89 Å². The molecule has 5 heteroatoms. The zero-order chi connectivity index (χ0) is 16.4. The molecule has 0 aliphatic rings. The van der Waals surface area contributed by atoms with Gasteiger partial charge < -0.3 is 9.15 Å². The van der Waals surface area contributed by atoms with Crippen LogP contribution >= 0.6 is 11.6 Å². The molecule has 3 rings (SSSR count). The highest BCUT2D eigenvalue weighted by atomic mass is 35.5. The Morgan fingerprint density at radius 3 is 2.70 bits per heavy atom. The maximum absolute atomic E-state index is 13.4. The third-order valence-corrected chi connectivity index (χ3v) is 3.81. The van der Waals surface area contributed by atoms with Crippen molar-refractivity contribution in [2.75, 3.05) is 0 Å². The summed E-state index contributed by atoms with van der Waals surface area (Å²) in [5.74, 6) is 1.45. The second-order valence-electron chi connectivity index (χ2n) is 5.20. The Kier molecular flexibility index (Phi) is 4.35. The number of aryl methyl sites for hydroxylation is 2. The van der Waals surface area contributed by atoms with Gasteiger partial charge in [0, 0.05) is 5.56 Å². The van der Waals surface area contributed by atoms with Crippen LogP contribution in [0.4, 0.5) is 4.39 Å². The summed E-state index contributed by atoms with van der Waals surface area (Å²) < 4.78 is 24.7. The molecular weight excluding hydrogens is 317 g/mol. The maximum atomic E-state index is 13.4. The monoisotopic (exact) mass is 331 g/mol. The Morgan fingerprint density at radius 2 is 1.96 bits per heavy atom. The van der Waals surface area contributed by atoms with Gasteiger partial charge in [-0.25, -0.2) is 9.37 Å². The lowest BCUT2D eigenvalue weighted by Crippen LogP contribution is -1.98. The Bertz CT molecular complexity index is 845. The van der Waals surface area contributed by atoms with Crippen LogP contribution in [0.1, 0.15) is 17.0 Å². The fourth-order valence-corrected chi connectivity index (χ4v) is 2.36. The Morgan fingerprint density at radius 1 is 1.17 bits per heavy atom. The zero-order valence-corrected chi connectivity index (χ0v) is 13.5. The molecule has 0 spiro atoms. The standard InChI is InChI=1S/C18H15ClFNO2/c1-11-9-13(7-8-15(11)20)18-21-16(12(2)23-18)10-22-17-6-4-3-5-14(17)19/h3-9H,10H2,1-2H3. The van der Waals surface area contributed by atoms with Crippen LogP contribution in [0.15, 0.2) is 46.9 Å². The summed E-state index contributed by atoms with van der Waals surface area (Å²) in [6.45, 7) is 3.77. The van der Waals surface area contributed by atoms with Gasteiger partial charge >= 0.3 is 0 Å². The van der Waals surface area contributed by atoms with Gasteiger partial charge in [0.1, 0.15) is 29.6 Å². The van der Waals surface area contributed by atoms with Crippen molar-refractivity contribution in [1.29, 1.82) is 0 Å². The van der Waals surface area contributed by atoms with Crippen molar-refractivity contribution in [2.45, 2.75) is 20.5 Å². The molecule has 1 aromatic heterocycles. The molecule has 0 unspecified atom stereocenters. The van der Waals surface area contributed by atoms with Crippen LogP contribution < -0.4 is 4.74 Å². The summed E-state index contributed by atoms with van der Waals surface area (Å²) in [5, 5.41) is 0.544. The van der Waals surface area contributed by atoms with Crippen LogP contribution in [0.3, 0.4) is 0 Å². The van der Waals surface area contributed by atoms with Crippen molar-refractivity contribution in [3.05, 3.63) is 70.3 Å². The van der Waals surface area contributed by atoms with E-state index in [1.165, 1.54) is 6.07 Å². The van der Waals surface area contributed by atoms with E-state index in [-0.39, 0.29) is 12.4 Å². The highest BCUT2D eigenvalue weighted by molar-refractivity contribution is 6.32. The number of hydrogen-bond donors (Lipinski definition) is 0. The molecule has 0 aliphatic carbocycles. The van der Waals surface area contributed by atoms with E-state index in [1.54, 1.807) is 31.2 Å². The summed E-state index contributed by atoms with van der Waals surface area (Å²) >= 11 is 6.06. The van der Waals surface area contributed by atoms with E-state index in [0.29, 0.717) is 33.7 Å². The van der Waals surface area contributed by atoms with Crippen LogP contribution in [0, 0.1) is 19.7 Å². The van der Waals surface area contributed by atoms with Gasteiger partial charge in [-0.05, 0) is 49.7 Å². The summed E-state index contributed by atoms with van der Waals surface area (Å²) in [6, 6.07) is 12.0. The molecule has 0 fully saturated rings. The molecular formula is C18H15ClFNO2. The lowest BCUT2D eigenvalue weighted by Gasteiger charge is -2.05. The number of aromatic nitrogens is 1. The first-order chi connectivity index (χ1) is 11.0. The summed E-state index contributed by atoms with van der Waals surface area (Å²) in [5.41, 5.74) is 1.96. The molecule has 0 bridgehead atoms. The van der Waals surface area contributed by atoms with E-state index in [2.05, 4.69) is 4.98 Å². The summed E-state index contributed by atoms with van der Waals surface area (Å²) in [7, 11) is 0. The maximum Gasteiger partial charge on any atom is 0.226 e. The molecule has 0 atom stereocenters. The quantitative estimate of drug-likeness (QED) is 0.648. The SMILES string of the molecule is Cc1cc(-c2nc(COc3ccccc3Cl)c(C)o2)ccc1F. The minimum atomic E-state index is -0.251. The van der Waals surface area contributed by atoms with Gasteiger partial charge in [0.05, 0.1) is 5.02 Å². The van der Waals surface area contributed by atoms with Gasteiger partial charge in [-0.3, -0.25) is 0 Å². The Labute approximate surface area is 138 Å². The number of oxazole rings is 1. The largest absolute Gasteiger partial charge is 0.486 e. The number of ether oxygens (including phenoxy) is 1. The number of nitrogens with zero attached hydrogens (tertiary/aromatic N) is 1. The van der Waals surface area contributed by atoms with Crippen molar-refractivity contribution in [3.8, 4) is 17.2 Å². The van der Waals surface area contributed by atoms with Crippen LogP contribution in [0.2, 0.25) is 5.02 Å². The van der Waals surface area contributed by atoms with Crippen molar-refractivity contribution in [3.63, 3.8) is 0 Å². The highest BCUT2D eigenvalue weighted by Crippen LogP contribution is 2.27. The van der Waals surface area contributed by atoms with Crippen LogP contribution in [0.25, 0.3) is 11.5 Å². The van der Waals surface area contributed by atoms with Gasteiger partial charge in [-0.2, -0.15) is 0 Å². The molecule has 0 saturated carbocycles. The third kappa shape index (κ3) is 3.37. The van der Waals surface area contributed by atoms with Crippen molar-refractivity contribution in [2.24, 2.45) is 0 Å². The summed E-state index contributed by atoms with van der Waals surface area (Å²) in [4.78, 5) is 4.44. The summed E-state index contributed by atoms with van der Waals surface area (Å²) in [6.07, 6.45) is 0. The highest BCUT2D eigenvalue weighted by Gasteiger charge is 2.13. The average Bonchev–Trinajstić information content (AvgIpc) is 2.90. The number of para-hydroxylation sites is 1. The first-order valence-electron chi connectivity index (χ1n) is 7.15. The predicted octanol–water partition coefficient (Wildman–Crippen LogP) is 5.33. The Balaban J connectivity index is 1.81. The van der Waals surface area contributed by atoms with E-state index >= 15 is 0 Å². The lowest BCUT2D eigenvalue weighted by molar-refractivity contribution is 0.299. The minimum Gasteiger partial charge on any atom is -0.486 e. The average molecular weight is 332 g/mol. The van der Waals surface area contributed by atoms with E-state index in [9.17, 15) is 4.39 Å². The number of halogens is 2. The smallest absolute Gasteiger partial charge is 0.226 e. The second-order valence-corrected chi connectivity index (χ2v) is 5.61. The molecule has 0 N–H and O–H groups in total. The van der Waals surface area contributed by atoms with Crippen molar-refractivity contribution in [1.82, 2.24) is 4.98 Å². The molecule has 3 aromatic rings. The van der Waals surface area contributed by atoms with Crippen molar-refractivity contribution >= 4 is 11.6 Å². The van der Waals surface area contributed by atoms with Crippen LogP contribution in [-0.2, 0) is 6.61 Å². The molecule has 0 amide bonds. The van der Waals surface area contributed by atoms with Gasteiger partial charge in [-0.15, -0.1) is 0 Å². The first kappa shape index (κ1) is 15.6. The first-order valence-corrected chi connectivity index (χ1v) is 7.52. The van der Waals surface area contributed by atoms with Gasteiger partial charge in [0.25, 0.3) is 0 Å². The van der Waals surface area contributed by atoms with E-state index in [1.807, 2.05) is 19.1 Å². The van der Waals surface area contributed by atoms with Gasteiger partial charge in [-0.1, -0.05) is 23.7 Å². The number of rotatable bonds is 4. The number of benzene rings is 2. The van der Waals surface area contributed by atoms with Crippen molar-refractivity contribution < 1.29 is 13.5 Å². The van der Waals surface area contributed by atoms with E-state index in [4.69, 9.17) is 20.8 Å². The molecule has 2 aromatic carbocycles. The molecule has 1 heterocycles. The lowest BCUT2D eigenvalue weighted by atomic mass is 10.1. The topological polar surface area (TPSA) is 35.3 Å². The fourth-order valence-electron chi connectivity index (χ4n) is 2.17. The van der Waals surface area contributed by atoms with E-state index in [0.717, 1.165) is 5.56 Å². The Hall–Kier alpha value is -2.33. The van der Waals surface area contributed by atoms with Crippen LogP contribution in [-0.4, -0.2) is 4.98 Å². The minimum absolute atomic E-state index is 0.249. The molecule has 3 nitrogen and oxygen atoms in total. The predicted molar refractivity (Wildman–Crippen MR) is 87.2 cm³/mol. The van der Waals surface area contributed by atoms with Crippen LogP contribution in [0.5, 0.6) is 5.75 Å². The normalized spacial score (nSPS) is 10.8. The number of hydrogen-bond acceptors (Lipinski definition) is 3. The molecule has 0 radical (unpaired) electrons. The fraction of sp³-hybridized carbons (Fsp3) is 0.167. The van der Waals surface area contributed by atoms with Gasteiger partial charge in [0.15, 0.2) is 0 Å². The second kappa shape index (κ2) is 6.42. The molecule has 0 saturated heterocycles. The molecule has 0 aliphatic heterocycles.